The summed E-state index contributed by atoms with van der Waals surface area (Å²) in [4.78, 5) is 10.3. The Labute approximate surface area is 110 Å². The molecule has 2 N–H and O–H groups in total. The second-order valence-electron chi connectivity index (χ2n) is 4.28. The number of hydrogen-bond acceptors (Lipinski definition) is 2. The molecule has 0 aliphatic carbocycles. The second kappa shape index (κ2) is 6.71. The van der Waals surface area contributed by atoms with Crippen molar-refractivity contribution in [3.63, 3.8) is 0 Å². The van der Waals surface area contributed by atoms with E-state index in [-0.39, 0.29) is 11.4 Å². The first-order valence-corrected chi connectivity index (χ1v) is 6.15. The summed E-state index contributed by atoms with van der Waals surface area (Å²) < 4.78 is 13.2. The number of aliphatic hydroxyl groups excluding tert-OH is 1. The first kappa shape index (κ1) is 14.9. The molecule has 1 aromatic carbocycles. The van der Waals surface area contributed by atoms with E-state index in [1.54, 1.807) is 6.92 Å². The Morgan fingerprint density at radius 3 is 2.72 bits per heavy atom. The van der Waals surface area contributed by atoms with Crippen molar-refractivity contribution >= 4 is 17.6 Å². The number of hydrogen-bond donors (Lipinski definition) is 2. The van der Waals surface area contributed by atoms with Crippen molar-refractivity contribution in [3.8, 4) is 0 Å². The topological polar surface area (TPSA) is 57.5 Å². The van der Waals surface area contributed by atoms with Gasteiger partial charge in [-0.2, -0.15) is 0 Å². The highest BCUT2D eigenvalue weighted by Gasteiger charge is 2.14. The molecule has 0 radical (unpaired) electrons. The quantitative estimate of drug-likeness (QED) is 0.781. The number of unbranched alkanes of at least 4 members (excludes halogenated alkanes) is 1. The highest BCUT2D eigenvalue weighted by molar-refractivity contribution is 6.31. The molecule has 5 heteroatoms. The van der Waals surface area contributed by atoms with Crippen molar-refractivity contribution in [3.05, 3.63) is 34.1 Å². The van der Waals surface area contributed by atoms with Gasteiger partial charge in [-0.05, 0) is 49.4 Å². The van der Waals surface area contributed by atoms with Crippen molar-refractivity contribution in [2.75, 3.05) is 0 Å². The van der Waals surface area contributed by atoms with Gasteiger partial charge in [0.25, 0.3) is 0 Å². The van der Waals surface area contributed by atoms with Gasteiger partial charge < -0.3 is 10.2 Å². The lowest BCUT2D eigenvalue weighted by Gasteiger charge is -2.13. The van der Waals surface area contributed by atoms with Gasteiger partial charge in [0, 0.05) is 11.4 Å². The molecule has 0 amide bonds. The number of halogens is 2. The molecule has 18 heavy (non-hydrogen) atoms. The van der Waals surface area contributed by atoms with Crippen LogP contribution in [0.2, 0.25) is 5.02 Å². The fourth-order valence-corrected chi connectivity index (χ4v) is 1.98. The molecule has 0 spiro atoms. The second-order valence-corrected chi connectivity index (χ2v) is 4.69. The van der Waals surface area contributed by atoms with Crippen molar-refractivity contribution < 1.29 is 19.4 Å². The summed E-state index contributed by atoms with van der Waals surface area (Å²) in [7, 11) is 0. The summed E-state index contributed by atoms with van der Waals surface area (Å²) in [6.45, 7) is 1.60. The van der Waals surface area contributed by atoms with E-state index in [9.17, 15) is 14.3 Å². The minimum absolute atomic E-state index is 0.0862. The molecule has 100 valence electrons. The Morgan fingerprint density at radius 1 is 1.44 bits per heavy atom. The summed E-state index contributed by atoms with van der Waals surface area (Å²) in [6.07, 6.45) is 0.802. The van der Waals surface area contributed by atoms with Crippen LogP contribution in [0, 0.1) is 12.7 Å². The zero-order valence-electron chi connectivity index (χ0n) is 10.1. The van der Waals surface area contributed by atoms with E-state index < -0.39 is 17.9 Å². The summed E-state index contributed by atoms with van der Waals surface area (Å²) in [5, 5.41) is 18.6. The lowest BCUT2D eigenvalue weighted by Crippen LogP contribution is -2.01. The molecule has 0 heterocycles. The summed E-state index contributed by atoms with van der Waals surface area (Å²) in [6, 6.07) is 2.71. The molecule has 3 nitrogen and oxygen atoms in total. The molecule has 1 atom stereocenters. The van der Waals surface area contributed by atoms with E-state index in [1.807, 2.05) is 0 Å². The lowest BCUT2D eigenvalue weighted by atomic mass is 10.0. The predicted octanol–water partition coefficient (Wildman–Crippen LogP) is 3.47. The van der Waals surface area contributed by atoms with Gasteiger partial charge in [0.1, 0.15) is 5.82 Å². The number of aliphatic carboxylic acids is 1. The Hall–Kier alpha value is -1.13. The summed E-state index contributed by atoms with van der Waals surface area (Å²) >= 11 is 5.87. The van der Waals surface area contributed by atoms with Crippen LogP contribution in [0.3, 0.4) is 0 Å². The molecule has 0 saturated heterocycles. The molecule has 0 saturated carbocycles. The average Bonchev–Trinajstić information content (AvgIpc) is 2.28. The highest BCUT2D eigenvalue weighted by atomic mass is 35.5. The highest BCUT2D eigenvalue weighted by Crippen LogP contribution is 2.29. The van der Waals surface area contributed by atoms with Crippen LogP contribution in [-0.2, 0) is 4.79 Å². The van der Waals surface area contributed by atoms with E-state index in [1.165, 1.54) is 12.1 Å². The maximum Gasteiger partial charge on any atom is 0.303 e. The number of carbonyl (C=O) groups is 1. The molecule has 1 rings (SSSR count). The minimum Gasteiger partial charge on any atom is -0.481 e. The van der Waals surface area contributed by atoms with Crippen LogP contribution in [-0.4, -0.2) is 16.2 Å². The van der Waals surface area contributed by atoms with Crippen molar-refractivity contribution in [1.29, 1.82) is 0 Å². The van der Waals surface area contributed by atoms with Gasteiger partial charge in [-0.3, -0.25) is 4.79 Å². The van der Waals surface area contributed by atoms with Crippen molar-refractivity contribution in [2.45, 2.75) is 38.7 Å². The molecule has 1 aromatic rings. The van der Waals surface area contributed by atoms with Gasteiger partial charge in [0.05, 0.1) is 6.10 Å². The van der Waals surface area contributed by atoms with E-state index in [4.69, 9.17) is 16.7 Å². The third kappa shape index (κ3) is 4.27. The molecule has 0 aromatic heterocycles. The van der Waals surface area contributed by atoms with Crippen LogP contribution < -0.4 is 0 Å². The van der Waals surface area contributed by atoms with Crippen LogP contribution in [0.15, 0.2) is 12.1 Å². The van der Waals surface area contributed by atoms with Gasteiger partial charge >= 0.3 is 5.97 Å². The van der Waals surface area contributed by atoms with E-state index in [0.717, 1.165) is 0 Å². The third-order valence-corrected chi connectivity index (χ3v) is 3.08. The Morgan fingerprint density at radius 2 is 2.11 bits per heavy atom. The minimum atomic E-state index is -0.847. The number of aliphatic hydroxyl groups is 1. The molecular weight excluding hydrogens is 259 g/mol. The largest absolute Gasteiger partial charge is 0.481 e. The van der Waals surface area contributed by atoms with Gasteiger partial charge in [-0.25, -0.2) is 4.39 Å². The average molecular weight is 275 g/mol. The number of carboxylic acids is 1. The van der Waals surface area contributed by atoms with Gasteiger partial charge in [0.2, 0.25) is 0 Å². The zero-order valence-corrected chi connectivity index (χ0v) is 10.9. The van der Waals surface area contributed by atoms with Crippen LogP contribution in [0.25, 0.3) is 0 Å². The lowest BCUT2D eigenvalue weighted by molar-refractivity contribution is -0.137. The maximum absolute atomic E-state index is 13.2. The fourth-order valence-electron chi connectivity index (χ4n) is 1.70. The number of aryl methyl sites for hydroxylation is 1. The van der Waals surface area contributed by atoms with E-state index in [0.29, 0.717) is 30.4 Å². The molecule has 0 aliphatic rings. The van der Waals surface area contributed by atoms with Crippen molar-refractivity contribution in [1.82, 2.24) is 0 Å². The summed E-state index contributed by atoms with van der Waals surface area (Å²) in [5.74, 6) is -1.25. The third-order valence-electron chi connectivity index (χ3n) is 2.76. The SMILES string of the molecule is Cc1cc(C(O)CCCCC(=O)O)c(Cl)cc1F. The van der Waals surface area contributed by atoms with E-state index >= 15 is 0 Å². The van der Waals surface area contributed by atoms with Gasteiger partial charge in [0.15, 0.2) is 0 Å². The number of carboxylic acid groups (broad SMARTS) is 1. The predicted molar refractivity (Wildman–Crippen MR) is 67.2 cm³/mol. The van der Waals surface area contributed by atoms with E-state index in [2.05, 4.69) is 0 Å². The van der Waals surface area contributed by atoms with Gasteiger partial charge in [-0.15, -0.1) is 0 Å². The van der Waals surface area contributed by atoms with Gasteiger partial charge in [-0.1, -0.05) is 11.6 Å². The number of rotatable bonds is 6. The smallest absolute Gasteiger partial charge is 0.303 e. The first-order chi connectivity index (χ1) is 8.41. The van der Waals surface area contributed by atoms with Crippen LogP contribution in [0.1, 0.15) is 42.9 Å². The molecule has 0 fully saturated rings. The zero-order chi connectivity index (χ0) is 13.7. The molecule has 0 bridgehead atoms. The summed E-state index contributed by atoms with van der Waals surface area (Å²) in [5.41, 5.74) is 0.921. The normalized spacial score (nSPS) is 12.4. The Balaban J connectivity index is 2.58. The fraction of sp³-hybridized carbons (Fsp3) is 0.462. The van der Waals surface area contributed by atoms with Crippen molar-refractivity contribution in [2.24, 2.45) is 0 Å². The maximum atomic E-state index is 13.2. The standard InChI is InChI=1S/C13H16ClFO3/c1-8-6-9(10(14)7-11(8)15)12(16)4-2-3-5-13(17)18/h6-7,12,16H,2-5H2,1H3,(H,17,18). The van der Waals surface area contributed by atoms with Crippen LogP contribution in [0.4, 0.5) is 4.39 Å². The Kier molecular flexibility index (Phi) is 5.56. The molecular formula is C13H16ClFO3. The monoisotopic (exact) mass is 274 g/mol. The first-order valence-electron chi connectivity index (χ1n) is 5.77. The Bertz CT molecular complexity index is 434. The van der Waals surface area contributed by atoms with Crippen LogP contribution in [0.5, 0.6) is 0 Å². The molecule has 0 aliphatic heterocycles. The number of benzene rings is 1. The van der Waals surface area contributed by atoms with Crippen LogP contribution >= 0.6 is 11.6 Å². The molecule has 1 unspecified atom stereocenters.